The molecule has 0 bridgehead atoms. The van der Waals surface area contributed by atoms with E-state index >= 15 is 0 Å². The van der Waals surface area contributed by atoms with Gasteiger partial charge in [0.1, 0.15) is 0 Å². The monoisotopic (exact) mass is 144 g/mol. The molecule has 1 aliphatic rings. The molecule has 4 nitrogen and oxygen atoms in total. The predicted molar refractivity (Wildman–Crippen MR) is 34.1 cm³/mol. The maximum atomic E-state index is 10.6. The van der Waals surface area contributed by atoms with Gasteiger partial charge in [-0.2, -0.15) is 0 Å². The number of hydrogen-bond donors (Lipinski definition) is 2. The zero-order chi connectivity index (χ0) is 7.72. The Kier molecular flexibility index (Phi) is 1.96. The van der Waals surface area contributed by atoms with E-state index in [0.717, 1.165) is 0 Å². The minimum Gasteiger partial charge on any atom is -0.469 e. The van der Waals surface area contributed by atoms with Crippen molar-refractivity contribution in [3.8, 4) is 0 Å². The van der Waals surface area contributed by atoms with Gasteiger partial charge in [0.2, 0.25) is 0 Å². The van der Waals surface area contributed by atoms with Crippen LogP contribution in [0.25, 0.3) is 0 Å². The predicted octanol–water partition coefficient (Wildman–Crippen LogP) is -0.978. The van der Waals surface area contributed by atoms with E-state index in [9.17, 15) is 4.79 Å². The van der Waals surface area contributed by atoms with Crippen molar-refractivity contribution in [3.05, 3.63) is 0 Å². The summed E-state index contributed by atoms with van der Waals surface area (Å²) in [7, 11) is -0.0781. The van der Waals surface area contributed by atoms with Crippen molar-refractivity contribution < 1.29 is 19.6 Å². The van der Waals surface area contributed by atoms with Crippen LogP contribution in [0.4, 0.5) is 0 Å². The van der Waals surface area contributed by atoms with Crippen molar-refractivity contribution in [2.75, 3.05) is 7.11 Å². The minimum atomic E-state index is -1.37. The lowest BCUT2D eigenvalue weighted by Gasteiger charge is -1.95. The average Bonchev–Trinajstić information content (AvgIpc) is 2.64. The highest BCUT2D eigenvalue weighted by Gasteiger charge is 2.50. The maximum absolute atomic E-state index is 10.6. The van der Waals surface area contributed by atoms with Gasteiger partial charge in [0.05, 0.1) is 13.0 Å². The van der Waals surface area contributed by atoms with Crippen LogP contribution in [-0.4, -0.2) is 30.2 Å². The maximum Gasteiger partial charge on any atom is 0.455 e. The van der Waals surface area contributed by atoms with Gasteiger partial charge in [-0.3, -0.25) is 4.79 Å². The Hall–Kier alpha value is -0.545. The van der Waals surface area contributed by atoms with Crippen molar-refractivity contribution in [2.45, 2.75) is 12.2 Å². The number of carbonyl (C=O) groups excluding carboxylic acids is 1. The van der Waals surface area contributed by atoms with Gasteiger partial charge in [0.25, 0.3) is 0 Å². The van der Waals surface area contributed by atoms with Gasteiger partial charge in [0, 0.05) is 5.82 Å². The number of methoxy groups -OCH3 is 1. The smallest absolute Gasteiger partial charge is 0.455 e. The van der Waals surface area contributed by atoms with Crippen molar-refractivity contribution in [2.24, 2.45) is 5.92 Å². The zero-order valence-corrected chi connectivity index (χ0v) is 5.65. The third-order valence-electron chi connectivity index (χ3n) is 1.73. The molecule has 0 saturated heterocycles. The minimum absolute atomic E-state index is 0.287. The van der Waals surface area contributed by atoms with Crippen molar-refractivity contribution in [1.82, 2.24) is 0 Å². The molecule has 2 atom stereocenters. The van der Waals surface area contributed by atoms with Gasteiger partial charge < -0.3 is 14.8 Å². The molecule has 0 aromatic rings. The summed E-state index contributed by atoms with van der Waals surface area (Å²) in [4.78, 5) is 10.6. The molecule has 0 spiro atoms. The fourth-order valence-electron chi connectivity index (χ4n) is 0.967. The second-order valence-corrected chi connectivity index (χ2v) is 2.44. The first-order chi connectivity index (χ1) is 4.66. The van der Waals surface area contributed by atoms with Gasteiger partial charge in [-0.05, 0) is 6.42 Å². The molecular formula is C5H9BO4. The first-order valence-electron chi connectivity index (χ1n) is 3.10. The first kappa shape index (κ1) is 7.56. The Morgan fingerprint density at radius 1 is 1.70 bits per heavy atom. The second kappa shape index (κ2) is 2.60. The standard InChI is InChI=1S/C5H9BO4/c1-10-5(7)3-2-4(3)6(8)9/h3-4,8-9H,2H2,1H3/t3-,4?/m1/s1. The Morgan fingerprint density at radius 3 is 2.60 bits per heavy atom. The van der Waals surface area contributed by atoms with E-state index < -0.39 is 7.12 Å². The van der Waals surface area contributed by atoms with Crippen LogP contribution in [0.3, 0.4) is 0 Å². The van der Waals surface area contributed by atoms with Crippen LogP contribution in [0.5, 0.6) is 0 Å². The lowest BCUT2D eigenvalue weighted by molar-refractivity contribution is -0.142. The number of hydrogen-bond acceptors (Lipinski definition) is 4. The molecule has 0 amide bonds. The van der Waals surface area contributed by atoms with Crippen LogP contribution in [0.15, 0.2) is 0 Å². The fourth-order valence-corrected chi connectivity index (χ4v) is 0.967. The quantitative estimate of drug-likeness (QED) is 0.386. The SMILES string of the molecule is COC(=O)[C@@H]1CC1B(O)O. The molecule has 1 aliphatic carbocycles. The topological polar surface area (TPSA) is 66.8 Å². The molecule has 0 radical (unpaired) electrons. The van der Waals surface area contributed by atoms with Crippen molar-refractivity contribution >= 4 is 13.1 Å². The molecule has 56 valence electrons. The largest absolute Gasteiger partial charge is 0.469 e. The molecule has 5 heteroatoms. The Balaban J connectivity index is 2.31. The molecule has 0 aromatic heterocycles. The summed E-state index contributed by atoms with van der Waals surface area (Å²) in [6.07, 6.45) is 0.532. The van der Waals surface area contributed by atoms with Crippen molar-refractivity contribution in [3.63, 3.8) is 0 Å². The normalized spacial score (nSPS) is 29.5. The molecular weight excluding hydrogens is 135 g/mol. The zero-order valence-electron chi connectivity index (χ0n) is 5.65. The summed E-state index contributed by atoms with van der Waals surface area (Å²) in [5.41, 5.74) is 0. The van der Waals surface area contributed by atoms with Crippen LogP contribution in [0.1, 0.15) is 6.42 Å². The van der Waals surface area contributed by atoms with E-state index in [1.165, 1.54) is 7.11 Å². The van der Waals surface area contributed by atoms with Gasteiger partial charge in [-0.25, -0.2) is 0 Å². The van der Waals surface area contributed by atoms with Crippen LogP contribution >= 0.6 is 0 Å². The van der Waals surface area contributed by atoms with Crippen LogP contribution in [-0.2, 0) is 9.53 Å². The summed E-state index contributed by atoms with van der Waals surface area (Å²) in [5, 5.41) is 17.1. The fraction of sp³-hybridized carbons (Fsp3) is 0.800. The Morgan fingerprint density at radius 2 is 2.30 bits per heavy atom. The lowest BCUT2D eigenvalue weighted by Crippen LogP contribution is -2.14. The van der Waals surface area contributed by atoms with E-state index in [4.69, 9.17) is 10.0 Å². The number of ether oxygens (including phenoxy) is 1. The molecule has 1 rings (SSSR count). The molecule has 0 heterocycles. The van der Waals surface area contributed by atoms with Gasteiger partial charge >= 0.3 is 13.1 Å². The van der Waals surface area contributed by atoms with E-state index in [2.05, 4.69) is 4.74 Å². The van der Waals surface area contributed by atoms with Gasteiger partial charge in [-0.1, -0.05) is 0 Å². The van der Waals surface area contributed by atoms with Crippen molar-refractivity contribution in [1.29, 1.82) is 0 Å². The summed E-state index contributed by atoms with van der Waals surface area (Å²) in [6, 6.07) is 0. The average molecular weight is 144 g/mol. The molecule has 1 unspecified atom stereocenters. The summed E-state index contributed by atoms with van der Waals surface area (Å²) < 4.78 is 4.39. The van der Waals surface area contributed by atoms with Crippen LogP contribution in [0, 0.1) is 5.92 Å². The van der Waals surface area contributed by atoms with Gasteiger partial charge in [-0.15, -0.1) is 0 Å². The second-order valence-electron chi connectivity index (χ2n) is 2.44. The van der Waals surface area contributed by atoms with E-state index in [1.807, 2.05) is 0 Å². The van der Waals surface area contributed by atoms with E-state index in [-0.39, 0.29) is 17.7 Å². The van der Waals surface area contributed by atoms with E-state index in [1.54, 1.807) is 0 Å². The first-order valence-corrected chi connectivity index (χ1v) is 3.10. The third kappa shape index (κ3) is 1.30. The molecule has 1 saturated carbocycles. The molecule has 10 heavy (non-hydrogen) atoms. The summed E-state index contributed by atoms with van der Waals surface area (Å²) >= 11 is 0. The molecule has 2 N–H and O–H groups in total. The third-order valence-corrected chi connectivity index (χ3v) is 1.73. The number of rotatable bonds is 2. The number of carbonyl (C=O) groups is 1. The molecule has 1 fully saturated rings. The molecule has 0 aliphatic heterocycles. The van der Waals surface area contributed by atoms with E-state index in [0.29, 0.717) is 6.42 Å². The highest BCUT2D eigenvalue weighted by Crippen LogP contribution is 2.46. The van der Waals surface area contributed by atoms with Crippen LogP contribution < -0.4 is 0 Å². The highest BCUT2D eigenvalue weighted by atomic mass is 16.5. The summed E-state index contributed by atoms with van der Waals surface area (Å²) in [6.45, 7) is 0. The Labute approximate surface area is 58.9 Å². The Bertz CT molecular complexity index is 147. The van der Waals surface area contributed by atoms with Gasteiger partial charge in [0.15, 0.2) is 0 Å². The molecule has 0 aromatic carbocycles. The summed E-state index contributed by atoms with van der Waals surface area (Å²) in [5.74, 6) is -0.935. The van der Waals surface area contributed by atoms with Crippen LogP contribution in [0.2, 0.25) is 5.82 Å². The lowest BCUT2D eigenvalue weighted by atomic mass is 9.82. The number of esters is 1. The highest BCUT2D eigenvalue weighted by molar-refractivity contribution is 6.45.